The Kier molecular flexibility index (Phi) is 5.40. The Bertz CT molecular complexity index is 1040. The molecule has 0 bridgehead atoms. The van der Waals surface area contributed by atoms with E-state index in [2.05, 4.69) is 0 Å². The van der Waals surface area contributed by atoms with E-state index in [1.807, 2.05) is 26.0 Å². The molecule has 1 aliphatic rings. The molecule has 2 aromatic carbocycles. The van der Waals surface area contributed by atoms with E-state index < -0.39 is 33.4 Å². The fourth-order valence-electron chi connectivity index (χ4n) is 3.58. The molecule has 7 heteroatoms. The molecule has 154 valence electrons. The van der Waals surface area contributed by atoms with Gasteiger partial charge in [-0.25, -0.2) is 13.3 Å². The van der Waals surface area contributed by atoms with Gasteiger partial charge in [0.05, 0.1) is 17.0 Å². The average Bonchev–Trinajstić information content (AvgIpc) is 2.89. The predicted octanol–water partition coefficient (Wildman–Crippen LogP) is 3.42. The summed E-state index contributed by atoms with van der Waals surface area (Å²) in [6.45, 7) is 8.97. The summed E-state index contributed by atoms with van der Waals surface area (Å²) in [4.78, 5) is 27.1. The molecule has 6 nitrogen and oxygen atoms in total. The van der Waals surface area contributed by atoms with Crippen molar-refractivity contribution in [2.75, 3.05) is 4.90 Å². The lowest BCUT2D eigenvalue weighted by molar-refractivity contribution is -0.122. The van der Waals surface area contributed by atoms with Gasteiger partial charge in [-0.2, -0.15) is 4.31 Å². The van der Waals surface area contributed by atoms with E-state index in [9.17, 15) is 18.0 Å². The van der Waals surface area contributed by atoms with Crippen LogP contribution in [0.4, 0.5) is 5.69 Å². The van der Waals surface area contributed by atoms with Gasteiger partial charge in [-0.1, -0.05) is 35.4 Å². The van der Waals surface area contributed by atoms with Crippen molar-refractivity contribution in [3.05, 3.63) is 59.7 Å². The fraction of sp³-hybridized carbons (Fsp3) is 0.364. The summed E-state index contributed by atoms with van der Waals surface area (Å²) in [7, 11) is -3.99. The van der Waals surface area contributed by atoms with Gasteiger partial charge in [-0.15, -0.1) is 0 Å². The maximum absolute atomic E-state index is 13.5. The van der Waals surface area contributed by atoms with Crippen LogP contribution in [-0.4, -0.2) is 36.1 Å². The third-order valence-electron chi connectivity index (χ3n) is 4.94. The van der Waals surface area contributed by atoms with Gasteiger partial charge >= 0.3 is 0 Å². The smallest absolute Gasteiger partial charge is 0.252 e. The summed E-state index contributed by atoms with van der Waals surface area (Å²) in [6.07, 6.45) is -0.185. The zero-order chi connectivity index (χ0) is 21.6. The highest BCUT2D eigenvalue weighted by Gasteiger charge is 2.50. The summed E-state index contributed by atoms with van der Waals surface area (Å²) in [5.74, 6) is -0.929. The number of anilines is 1. The third kappa shape index (κ3) is 3.97. The van der Waals surface area contributed by atoms with Crippen molar-refractivity contribution in [1.29, 1.82) is 0 Å². The third-order valence-corrected chi connectivity index (χ3v) is 7.13. The van der Waals surface area contributed by atoms with Crippen LogP contribution >= 0.6 is 0 Å². The van der Waals surface area contributed by atoms with Gasteiger partial charge in [0.1, 0.15) is 6.04 Å². The Labute approximate surface area is 172 Å². The molecule has 2 amide bonds. The van der Waals surface area contributed by atoms with Crippen molar-refractivity contribution in [2.24, 2.45) is 0 Å². The maximum Gasteiger partial charge on any atom is 0.252 e. The van der Waals surface area contributed by atoms with Gasteiger partial charge in [0.25, 0.3) is 5.91 Å². The number of rotatable bonds is 4. The van der Waals surface area contributed by atoms with Gasteiger partial charge in [-0.3, -0.25) is 9.59 Å². The van der Waals surface area contributed by atoms with Gasteiger partial charge in [-0.05, 0) is 58.9 Å². The van der Waals surface area contributed by atoms with E-state index in [1.165, 1.54) is 16.4 Å². The molecular weight excluding hydrogens is 388 g/mol. The first kappa shape index (κ1) is 21.2. The van der Waals surface area contributed by atoms with Crippen molar-refractivity contribution in [2.45, 2.75) is 57.5 Å². The predicted molar refractivity (Wildman–Crippen MR) is 112 cm³/mol. The van der Waals surface area contributed by atoms with Crippen molar-refractivity contribution in [3.63, 3.8) is 0 Å². The first-order valence-corrected chi connectivity index (χ1v) is 10.9. The molecule has 1 saturated heterocycles. The van der Waals surface area contributed by atoms with Crippen LogP contribution in [0.25, 0.3) is 0 Å². The molecule has 1 atom stereocenters. The van der Waals surface area contributed by atoms with Crippen LogP contribution in [0.2, 0.25) is 0 Å². The number of nitrogens with zero attached hydrogens (tertiary/aromatic N) is 2. The summed E-state index contributed by atoms with van der Waals surface area (Å²) in [6, 6.07) is 12.4. The van der Waals surface area contributed by atoms with Crippen LogP contribution in [0.3, 0.4) is 0 Å². The topological polar surface area (TPSA) is 74.8 Å². The lowest BCUT2D eigenvalue weighted by atomic mass is 10.1. The minimum atomic E-state index is -3.99. The SMILES string of the molecule is Cc1ccc(N2C(=O)CC(N(C(C)(C)C)S(=O)(=O)c3ccc(C)cc3)C2=O)cc1. The molecule has 0 radical (unpaired) electrons. The van der Waals surface area contributed by atoms with Crippen molar-refractivity contribution < 1.29 is 18.0 Å². The Balaban J connectivity index is 2.04. The largest absolute Gasteiger partial charge is 0.274 e. The average molecular weight is 415 g/mol. The molecule has 1 fully saturated rings. The number of carbonyl (C=O) groups is 2. The highest BCUT2D eigenvalue weighted by molar-refractivity contribution is 7.89. The standard InChI is InChI=1S/C22H26N2O4S/c1-15-6-10-17(11-7-15)23-20(25)14-19(21(23)26)24(22(3,4)5)29(27,28)18-12-8-16(2)9-13-18/h6-13,19H,14H2,1-5H3. The van der Waals surface area contributed by atoms with Gasteiger partial charge in [0.15, 0.2) is 0 Å². The molecule has 1 unspecified atom stereocenters. The summed E-state index contributed by atoms with van der Waals surface area (Å²) >= 11 is 0. The lowest BCUT2D eigenvalue weighted by Crippen LogP contribution is -2.54. The lowest BCUT2D eigenvalue weighted by Gasteiger charge is -2.37. The Hall–Kier alpha value is -2.51. The second kappa shape index (κ2) is 7.39. The van der Waals surface area contributed by atoms with Crippen molar-refractivity contribution in [3.8, 4) is 0 Å². The second-order valence-electron chi connectivity index (χ2n) is 8.41. The number of sulfonamides is 1. The van der Waals surface area contributed by atoms with E-state index in [0.717, 1.165) is 16.0 Å². The van der Waals surface area contributed by atoms with E-state index >= 15 is 0 Å². The summed E-state index contributed by atoms with van der Waals surface area (Å²) in [5, 5.41) is 0. The number of amides is 2. The van der Waals surface area contributed by atoms with Gasteiger partial charge in [0.2, 0.25) is 15.9 Å². The molecule has 0 aliphatic carbocycles. The monoisotopic (exact) mass is 414 g/mol. The van der Waals surface area contributed by atoms with Crippen LogP contribution < -0.4 is 4.90 Å². The highest BCUT2D eigenvalue weighted by atomic mass is 32.2. The van der Waals surface area contributed by atoms with E-state index in [0.29, 0.717) is 5.69 Å². The van der Waals surface area contributed by atoms with Crippen LogP contribution in [-0.2, 0) is 19.6 Å². The maximum atomic E-state index is 13.5. The normalized spacial score (nSPS) is 18.0. The fourth-order valence-corrected chi connectivity index (χ4v) is 5.51. The Morgan fingerprint density at radius 1 is 0.897 bits per heavy atom. The molecule has 0 saturated carbocycles. The molecular formula is C22H26N2O4S. The van der Waals surface area contributed by atoms with Crippen LogP contribution in [0.15, 0.2) is 53.4 Å². The highest BCUT2D eigenvalue weighted by Crippen LogP contribution is 2.34. The molecule has 3 rings (SSSR count). The second-order valence-corrected chi connectivity index (χ2v) is 10.2. The molecule has 2 aromatic rings. The molecule has 0 N–H and O–H groups in total. The quantitative estimate of drug-likeness (QED) is 0.719. The zero-order valence-corrected chi connectivity index (χ0v) is 18.2. The first-order chi connectivity index (χ1) is 13.4. The summed E-state index contributed by atoms with van der Waals surface area (Å²) in [5.41, 5.74) is 1.49. The van der Waals surface area contributed by atoms with Crippen LogP contribution in [0, 0.1) is 13.8 Å². The number of imide groups is 1. The number of benzene rings is 2. The number of hydrogen-bond donors (Lipinski definition) is 0. The molecule has 1 aliphatic heterocycles. The van der Waals surface area contributed by atoms with Gasteiger partial charge in [0, 0.05) is 5.54 Å². The van der Waals surface area contributed by atoms with E-state index in [4.69, 9.17) is 0 Å². The van der Waals surface area contributed by atoms with Gasteiger partial charge < -0.3 is 0 Å². The first-order valence-electron chi connectivity index (χ1n) is 9.47. The summed E-state index contributed by atoms with van der Waals surface area (Å²) < 4.78 is 28.1. The molecule has 0 aromatic heterocycles. The number of carbonyl (C=O) groups excluding carboxylic acids is 2. The van der Waals surface area contributed by atoms with Crippen LogP contribution in [0.5, 0.6) is 0 Å². The zero-order valence-electron chi connectivity index (χ0n) is 17.3. The van der Waals surface area contributed by atoms with Crippen molar-refractivity contribution >= 4 is 27.5 Å². The number of hydrogen-bond acceptors (Lipinski definition) is 4. The minimum Gasteiger partial charge on any atom is -0.274 e. The number of aryl methyl sites for hydroxylation is 2. The Morgan fingerprint density at radius 2 is 1.38 bits per heavy atom. The van der Waals surface area contributed by atoms with Crippen molar-refractivity contribution in [1.82, 2.24) is 4.31 Å². The Morgan fingerprint density at radius 3 is 1.86 bits per heavy atom. The molecule has 1 heterocycles. The molecule has 29 heavy (non-hydrogen) atoms. The molecule has 0 spiro atoms. The van der Waals surface area contributed by atoms with E-state index in [-0.39, 0.29) is 11.3 Å². The minimum absolute atomic E-state index is 0.104. The van der Waals surface area contributed by atoms with Crippen LogP contribution in [0.1, 0.15) is 38.3 Å². The van der Waals surface area contributed by atoms with E-state index in [1.54, 1.807) is 45.0 Å².